The van der Waals surface area contributed by atoms with Crippen molar-refractivity contribution in [2.24, 2.45) is 5.73 Å². The van der Waals surface area contributed by atoms with Gasteiger partial charge in [0.05, 0.1) is 12.1 Å². The minimum Gasteiger partial charge on any atom is -0.343 e. The molecule has 0 radical (unpaired) electrons. The van der Waals surface area contributed by atoms with Crippen LogP contribution in [-0.4, -0.2) is 11.9 Å². The maximum atomic E-state index is 13.0. The zero-order valence-corrected chi connectivity index (χ0v) is 11.3. The van der Waals surface area contributed by atoms with Gasteiger partial charge in [0, 0.05) is 4.88 Å². The van der Waals surface area contributed by atoms with Gasteiger partial charge in [0.25, 0.3) is 0 Å². The summed E-state index contributed by atoms with van der Waals surface area (Å²) in [6.07, 6.45) is 0. The van der Waals surface area contributed by atoms with Crippen LogP contribution in [0.25, 0.3) is 0 Å². The van der Waals surface area contributed by atoms with Crippen molar-refractivity contribution in [2.45, 2.75) is 19.0 Å². The minimum atomic E-state index is -0.581. The Hall–Kier alpha value is -1.72. The number of rotatable bonds is 4. The van der Waals surface area contributed by atoms with Crippen molar-refractivity contribution in [1.29, 1.82) is 0 Å². The summed E-state index contributed by atoms with van der Waals surface area (Å²) in [6, 6.07) is 9.07. The van der Waals surface area contributed by atoms with Crippen molar-refractivity contribution < 1.29 is 9.18 Å². The Morgan fingerprint density at radius 2 is 2.00 bits per heavy atom. The molecule has 1 unspecified atom stereocenters. The third-order valence-corrected chi connectivity index (χ3v) is 3.67. The molecule has 0 saturated carbocycles. The van der Waals surface area contributed by atoms with Gasteiger partial charge in [-0.1, -0.05) is 18.2 Å². The van der Waals surface area contributed by atoms with Gasteiger partial charge in [-0.3, -0.25) is 4.79 Å². The summed E-state index contributed by atoms with van der Waals surface area (Å²) < 4.78 is 13.0. The number of carbonyl (C=O) groups is 1. The Morgan fingerprint density at radius 3 is 2.53 bits per heavy atom. The summed E-state index contributed by atoms with van der Waals surface area (Å²) in [7, 11) is 0. The van der Waals surface area contributed by atoms with E-state index in [0.29, 0.717) is 0 Å². The third-order valence-electron chi connectivity index (χ3n) is 2.73. The number of amides is 1. The van der Waals surface area contributed by atoms with E-state index in [1.54, 1.807) is 19.1 Å². The number of nitrogens with two attached hydrogens (primary N) is 1. The van der Waals surface area contributed by atoms with Gasteiger partial charge in [0.1, 0.15) is 5.82 Å². The quantitative estimate of drug-likeness (QED) is 0.902. The van der Waals surface area contributed by atoms with Gasteiger partial charge in [0.15, 0.2) is 0 Å². The van der Waals surface area contributed by atoms with E-state index in [1.807, 2.05) is 17.5 Å². The molecule has 3 nitrogen and oxygen atoms in total. The van der Waals surface area contributed by atoms with Crippen LogP contribution < -0.4 is 11.1 Å². The molecule has 0 bridgehead atoms. The summed E-state index contributed by atoms with van der Waals surface area (Å²) in [5.74, 6) is -0.532. The van der Waals surface area contributed by atoms with Crippen molar-refractivity contribution in [2.75, 3.05) is 0 Å². The average molecular weight is 278 g/mol. The highest BCUT2D eigenvalue weighted by Gasteiger charge is 2.19. The van der Waals surface area contributed by atoms with Crippen LogP contribution >= 0.6 is 11.3 Å². The first-order valence-electron chi connectivity index (χ1n) is 5.93. The standard InChI is InChI=1S/C14H15FN2OS/c1-9(16)14(18)17-13(12-3-2-8-19-12)10-4-6-11(15)7-5-10/h2-9,13H,16H2,1H3,(H,17,18)/t9-,13?/m0/s1. The molecule has 0 aliphatic carbocycles. The fourth-order valence-corrected chi connectivity index (χ4v) is 2.51. The monoisotopic (exact) mass is 278 g/mol. The van der Waals surface area contributed by atoms with Crippen molar-refractivity contribution in [3.05, 3.63) is 58.0 Å². The van der Waals surface area contributed by atoms with Gasteiger partial charge in [-0.05, 0) is 36.1 Å². The van der Waals surface area contributed by atoms with Gasteiger partial charge in [-0.15, -0.1) is 11.3 Å². The summed E-state index contributed by atoms with van der Waals surface area (Å²) in [6.45, 7) is 1.63. The van der Waals surface area contributed by atoms with Crippen molar-refractivity contribution >= 4 is 17.2 Å². The lowest BCUT2D eigenvalue weighted by molar-refractivity contribution is -0.122. The number of benzene rings is 1. The van der Waals surface area contributed by atoms with Crippen LogP contribution in [0, 0.1) is 5.82 Å². The predicted molar refractivity (Wildman–Crippen MR) is 74.4 cm³/mol. The molecule has 5 heteroatoms. The maximum Gasteiger partial charge on any atom is 0.237 e. The second-order valence-electron chi connectivity index (χ2n) is 4.30. The van der Waals surface area contributed by atoms with Crippen LogP contribution in [0.2, 0.25) is 0 Å². The van der Waals surface area contributed by atoms with Crippen LogP contribution in [-0.2, 0) is 4.79 Å². The summed E-state index contributed by atoms with van der Waals surface area (Å²) in [5, 5.41) is 4.81. The van der Waals surface area contributed by atoms with E-state index < -0.39 is 6.04 Å². The van der Waals surface area contributed by atoms with E-state index in [9.17, 15) is 9.18 Å². The molecule has 0 saturated heterocycles. The fraction of sp³-hybridized carbons (Fsp3) is 0.214. The first kappa shape index (κ1) is 13.7. The van der Waals surface area contributed by atoms with Crippen LogP contribution in [0.15, 0.2) is 41.8 Å². The van der Waals surface area contributed by atoms with Crippen molar-refractivity contribution in [3.63, 3.8) is 0 Å². The maximum absolute atomic E-state index is 13.0. The number of carbonyl (C=O) groups excluding carboxylic acids is 1. The van der Waals surface area contributed by atoms with Crippen LogP contribution in [0.4, 0.5) is 4.39 Å². The largest absolute Gasteiger partial charge is 0.343 e. The molecule has 1 heterocycles. The predicted octanol–water partition coefficient (Wildman–Crippen LogP) is 2.44. The normalized spacial score (nSPS) is 13.8. The first-order valence-corrected chi connectivity index (χ1v) is 6.80. The Labute approximate surface area is 115 Å². The Morgan fingerprint density at radius 1 is 1.32 bits per heavy atom. The lowest BCUT2D eigenvalue weighted by atomic mass is 10.0. The van der Waals surface area contributed by atoms with E-state index in [1.165, 1.54) is 23.5 Å². The molecule has 3 N–H and O–H groups in total. The minimum absolute atomic E-state index is 0.234. The first-order chi connectivity index (χ1) is 9.08. The molecular formula is C14H15FN2OS. The lowest BCUT2D eigenvalue weighted by Crippen LogP contribution is -2.40. The van der Waals surface area contributed by atoms with Gasteiger partial charge in [-0.2, -0.15) is 0 Å². The average Bonchev–Trinajstić information content (AvgIpc) is 2.90. The van der Waals surface area contributed by atoms with Crippen molar-refractivity contribution in [3.8, 4) is 0 Å². The number of hydrogen-bond acceptors (Lipinski definition) is 3. The fourth-order valence-electron chi connectivity index (χ4n) is 1.70. The molecule has 0 aliphatic heterocycles. The summed E-state index contributed by atoms with van der Waals surface area (Å²) in [5.41, 5.74) is 6.40. The second-order valence-corrected chi connectivity index (χ2v) is 5.28. The highest BCUT2D eigenvalue weighted by Crippen LogP contribution is 2.26. The molecule has 2 atom stereocenters. The lowest BCUT2D eigenvalue weighted by Gasteiger charge is -2.19. The topological polar surface area (TPSA) is 55.1 Å². The molecule has 0 fully saturated rings. The molecular weight excluding hydrogens is 263 g/mol. The molecule has 1 aromatic heterocycles. The Kier molecular flexibility index (Phi) is 4.29. The van der Waals surface area contributed by atoms with Gasteiger partial charge in [-0.25, -0.2) is 4.39 Å². The number of thiophene rings is 1. The molecule has 100 valence electrons. The summed E-state index contributed by atoms with van der Waals surface area (Å²) in [4.78, 5) is 12.8. The second kappa shape index (κ2) is 5.95. The Bertz CT molecular complexity index is 537. The van der Waals surface area contributed by atoms with Crippen LogP contribution in [0.1, 0.15) is 23.4 Å². The number of halogens is 1. The van der Waals surface area contributed by atoms with Gasteiger partial charge in [0.2, 0.25) is 5.91 Å². The molecule has 1 amide bonds. The van der Waals surface area contributed by atoms with E-state index in [4.69, 9.17) is 5.73 Å². The molecule has 1 aromatic carbocycles. The number of hydrogen-bond donors (Lipinski definition) is 2. The molecule has 0 aliphatic rings. The molecule has 0 spiro atoms. The SMILES string of the molecule is C[C@H](N)C(=O)NC(c1ccc(F)cc1)c1cccs1. The molecule has 19 heavy (non-hydrogen) atoms. The highest BCUT2D eigenvalue weighted by molar-refractivity contribution is 7.10. The highest BCUT2D eigenvalue weighted by atomic mass is 32.1. The molecule has 2 rings (SSSR count). The van der Waals surface area contributed by atoms with Crippen molar-refractivity contribution in [1.82, 2.24) is 5.32 Å². The van der Waals surface area contributed by atoms with E-state index in [-0.39, 0.29) is 17.8 Å². The van der Waals surface area contributed by atoms with E-state index in [0.717, 1.165) is 10.4 Å². The summed E-state index contributed by atoms with van der Waals surface area (Å²) >= 11 is 1.53. The zero-order chi connectivity index (χ0) is 13.8. The smallest absolute Gasteiger partial charge is 0.237 e. The zero-order valence-electron chi connectivity index (χ0n) is 10.5. The number of nitrogens with one attached hydrogen (secondary N) is 1. The van der Waals surface area contributed by atoms with Gasteiger partial charge < -0.3 is 11.1 Å². The van der Waals surface area contributed by atoms with Crippen LogP contribution in [0.5, 0.6) is 0 Å². The van der Waals surface area contributed by atoms with E-state index in [2.05, 4.69) is 5.32 Å². The van der Waals surface area contributed by atoms with Crippen LogP contribution in [0.3, 0.4) is 0 Å². The third kappa shape index (κ3) is 3.39. The molecule has 2 aromatic rings. The van der Waals surface area contributed by atoms with Gasteiger partial charge >= 0.3 is 0 Å². The van der Waals surface area contributed by atoms with E-state index >= 15 is 0 Å². The Balaban J connectivity index is 2.29.